The summed E-state index contributed by atoms with van der Waals surface area (Å²) in [6.07, 6.45) is 0.104. The van der Waals surface area contributed by atoms with Crippen LogP contribution in [0.25, 0.3) is 10.9 Å². The van der Waals surface area contributed by atoms with Crippen LogP contribution in [0.3, 0.4) is 0 Å². The van der Waals surface area contributed by atoms with E-state index >= 15 is 0 Å². The second-order valence-corrected chi connectivity index (χ2v) is 8.21. The van der Waals surface area contributed by atoms with Gasteiger partial charge in [-0.25, -0.2) is 18.7 Å². The van der Waals surface area contributed by atoms with Crippen LogP contribution in [0.5, 0.6) is 34.6 Å². The first-order valence-corrected chi connectivity index (χ1v) is 10.6. The maximum Gasteiger partial charge on any atom is 0.296 e. The zero-order valence-corrected chi connectivity index (χ0v) is 18.6. The molecule has 1 atom stereocenters. The summed E-state index contributed by atoms with van der Waals surface area (Å²) in [7, 11) is 3.12. The fourth-order valence-electron chi connectivity index (χ4n) is 3.89. The molecule has 0 saturated carbocycles. The van der Waals surface area contributed by atoms with E-state index in [2.05, 4.69) is 9.97 Å². The van der Waals surface area contributed by atoms with E-state index in [-0.39, 0.29) is 35.6 Å². The quantitative estimate of drug-likeness (QED) is 0.528. The smallest absolute Gasteiger partial charge is 0.296 e. The van der Waals surface area contributed by atoms with Crippen molar-refractivity contribution >= 4 is 22.5 Å². The molecule has 5 rings (SSSR count). The molecular formula is C22H20ClF2N3O5. The van der Waals surface area contributed by atoms with E-state index < -0.39 is 18.6 Å². The minimum atomic E-state index is -3.05. The SMILES string of the molecule is COc1cc(O[C@@H]2CCN(C)CC2(F)F)c2c(Oc3c(Cl)ccc4c3OCO4)ncnc2c1. The second-order valence-electron chi connectivity index (χ2n) is 7.80. The number of ether oxygens (including phenoxy) is 5. The number of methoxy groups -OCH3 is 1. The molecule has 174 valence electrons. The summed E-state index contributed by atoms with van der Waals surface area (Å²) < 4.78 is 57.6. The topological polar surface area (TPSA) is 75.2 Å². The fourth-order valence-corrected chi connectivity index (χ4v) is 4.08. The van der Waals surface area contributed by atoms with Crippen LogP contribution in [0, 0.1) is 0 Å². The van der Waals surface area contributed by atoms with E-state index in [1.807, 2.05) is 0 Å². The van der Waals surface area contributed by atoms with Gasteiger partial charge >= 0.3 is 0 Å². The van der Waals surface area contributed by atoms with Crippen molar-refractivity contribution < 1.29 is 32.5 Å². The largest absolute Gasteiger partial charge is 0.497 e. The number of likely N-dealkylation sites (tertiary alicyclic amines) is 1. The molecule has 0 unspecified atom stereocenters. The number of nitrogens with zero attached hydrogens (tertiary/aromatic N) is 3. The van der Waals surface area contributed by atoms with Crippen LogP contribution in [0.1, 0.15) is 6.42 Å². The molecule has 0 bridgehead atoms. The highest BCUT2D eigenvalue weighted by Gasteiger charge is 2.45. The van der Waals surface area contributed by atoms with Gasteiger partial charge in [-0.1, -0.05) is 11.6 Å². The summed E-state index contributed by atoms with van der Waals surface area (Å²) in [5.74, 6) is -1.47. The van der Waals surface area contributed by atoms with Crippen LogP contribution in [-0.2, 0) is 0 Å². The molecular weight excluding hydrogens is 460 g/mol. The zero-order chi connectivity index (χ0) is 23.2. The molecule has 1 aromatic heterocycles. The lowest BCUT2D eigenvalue weighted by Gasteiger charge is -2.36. The van der Waals surface area contributed by atoms with Crippen LogP contribution in [-0.4, -0.2) is 60.9 Å². The number of piperidine rings is 1. The van der Waals surface area contributed by atoms with Crippen molar-refractivity contribution in [2.45, 2.75) is 18.4 Å². The average Bonchev–Trinajstić information content (AvgIpc) is 3.26. The monoisotopic (exact) mass is 479 g/mol. The third-order valence-corrected chi connectivity index (χ3v) is 5.81. The predicted octanol–water partition coefficient (Wildman–Crippen LogP) is 4.53. The van der Waals surface area contributed by atoms with Gasteiger partial charge in [-0.05, 0) is 19.2 Å². The number of rotatable bonds is 5. The van der Waals surface area contributed by atoms with Crippen molar-refractivity contribution in [1.29, 1.82) is 0 Å². The minimum Gasteiger partial charge on any atom is -0.497 e. The molecule has 0 N–H and O–H groups in total. The summed E-state index contributed by atoms with van der Waals surface area (Å²) in [6, 6.07) is 6.42. The molecule has 33 heavy (non-hydrogen) atoms. The van der Waals surface area contributed by atoms with Gasteiger partial charge in [0.25, 0.3) is 5.92 Å². The van der Waals surface area contributed by atoms with Gasteiger partial charge in [-0.15, -0.1) is 0 Å². The van der Waals surface area contributed by atoms with E-state index in [1.165, 1.54) is 19.5 Å². The summed E-state index contributed by atoms with van der Waals surface area (Å²) in [4.78, 5) is 10.0. The standard InChI is InChI=1S/C22H20ClF2N3O5/c1-28-6-5-17(22(24,25)9-28)32-16-8-12(29-2)7-14-18(16)21(27-10-26-14)33-19-13(23)3-4-15-20(19)31-11-30-15/h3-4,7-8,10,17H,5-6,9,11H2,1-2H3/t17-/m1/s1. The Bertz CT molecular complexity index is 1210. The van der Waals surface area contributed by atoms with Crippen molar-refractivity contribution in [3.05, 3.63) is 35.6 Å². The normalized spacial score (nSPS) is 19.5. The predicted molar refractivity (Wildman–Crippen MR) is 115 cm³/mol. The van der Waals surface area contributed by atoms with Gasteiger partial charge in [0.15, 0.2) is 17.6 Å². The maximum atomic E-state index is 14.7. The van der Waals surface area contributed by atoms with Gasteiger partial charge in [-0.2, -0.15) is 0 Å². The van der Waals surface area contributed by atoms with Gasteiger partial charge in [0.1, 0.15) is 23.2 Å². The van der Waals surface area contributed by atoms with Gasteiger partial charge in [0, 0.05) is 25.1 Å². The summed E-state index contributed by atoms with van der Waals surface area (Å²) in [6.45, 7) is 0.0982. The van der Waals surface area contributed by atoms with Gasteiger partial charge in [0.2, 0.25) is 18.4 Å². The molecule has 1 saturated heterocycles. The Morgan fingerprint density at radius 2 is 2.06 bits per heavy atom. The minimum absolute atomic E-state index is 0.0212. The molecule has 0 aliphatic carbocycles. The van der Waals surface area contributed by atoms with Crippen LogP contribution < -0.4 is 23.7 Å². The first-order valence-electron chi connectivity index (χ1n) is 10.2. The Hall–Kier alpha value is -3.11. The highest BCUT2D eigenvalue weighted by molar-refractivity contribution is 6.32. The number of aromatic nitrogens is 2. The highest BCUT2D eigenvalue weighted by atomic mass is 35.5. The molecule has 0 spiro atoms. The number of halogens is 3. The van der Waals surface area contributed by atoms with Crippen molar-refractivity contribution in [1.82, 2.24) is 14.9 Å². The number of benzene rings is 2. The second kappa shape index (κ2) is 8.35. The van der Waals surface area contributed by atoms with E-state index in [4.69, 9.17) is 35.3 Å². The lowest BCUT2D eigenvalue weighted by Crippen LogP contribution is -2.52. The summed E-state index contributed by atoms with van der Waals surface area (Å²) in [5, 5.41) is 0.574. The van der Waals surface area contributed by atoms with Crippen LogP contribution in [0.2, 0.25) is 5.02 Å². The van der Waals surface area contributed by atoms with E-state index in [1.54, 1.807) is 30.1 Å². The van der Waals surface area contributed by atoms with E-state index in [0.717, 1.165) is 0 Å². The molecule has 11 heteroatoms. The number of hydrogen-bond acceptors (Lipinski definition) is 8. The molecule has 3 aromatic rings. The van der Waals surface area contributed by atoms with Gasteiger partial charge in [0.05, 0.1) is 24.2 Å². The fraction of sp³-hybridized carbons (Fsp3) is 0.364. The van der Waals surface area contributed by atoms with Gasteiger partial charge < -0.3 is 28.6 Å². The van der Waals surface area contributed by atoms with Crippen LogP contribution >= 0.6 is 11.6 Å². The van der Waals surface area contributed by atoms with Crippen molar-refractivity contribution in [2.24, 2.45) is 0 Å². The Balaban J connectivity index is 1.59. The Morgan fingerprint density at radius 3 is 2.85 bits per heavy atom. The van der Waals surface area contributed by atoms with Gasteiger partial charge in [-0.3, -0.25) is 0 Å². The molecule has 2 aromatic carbocycles. The molecule has 0 amide bonds. The van der Waals surface area contributed by atoms with Crippen LogP contribution in [0.4, 0.5) is 8.78 Å². The van der Waals surface area contributed by atoms with Crippen molar-refractivity contribution in [2.75, 3.05) is 34.0 Å². The van der Waals surface area contributed by atoms with E-state index in [0.29, 0.717) is 34.7 Å². The molecule has 2 aliphatic heterocycles. The maximum absolute atomic E-state index is 14.7. The molecule has 8 nitrogen and oxygen atoms in total. The zero-order valence-electron chi connectivity index (χ0n) is 17.8. The Morgan fingerprint density at radius 1 is 1.21 bits per heavy atom. The first kappa shape index (κ1) is 21.7. The number of hydrogen-bond donors (Lipinski definition) is 0. The average molecular weight is 480 g/mol. The van der Waals surface area contributed by atoms with Crippen LogP contribution in [0.15, 0.2) is 30.6 Å². The third-order valence-electron chi connectivity index (χ3n) is 5.51. The highest BCUT2D eigenvalue weighted by Crippen LogP contribution is 2.48. The molecule has 0 radical (unpaired) electrons. The summed E-state index contributed by atoms with van der Waals surface area (Å²) >= 11 is 6.34. The Kier molecular flexibility index (Phi) is 5.49. The van der Waals surface area contributed by atoms with E-state index in [9.17, 15) is 8.78 Å². The lowest BCUT2D eigenvalue weighted by atomic mass is 10.0. The molecule has 3 heterocycles. The Labute approximate surface area is 192 Å². The molecule has 2 aliphatic rings. The van der Waals surface area contributed by atoms with Crippen molar-refractivity contribution in [3.8, 4) is 34.6 Å². The lowest BCUT2D eigenvalue weighted by molar-refractivity contribution is -0.134. The first-order chi connectivity index (χ1) is 15.9. The van der Waals surface area contributed by atoms with Crippen molar-refractivity contribution in [3.63, 3.8) is 0 Å². The third kappa shape index (κ3) is 4.04. The number of alkyl halides is 2. The molecule has 1 fully saturated rings. The number of fused-ring (bicyclic) bond motifs is 2. The summed E-state index contributed by atoms with van der Waals surface area (Å²) in [5.41, 5.74) is 0.395.